The number of nitrogens with two attached hydrogens (primary N) is 1. The van der Waals surface area contributed by atoms with Crippen LogP contribution in [0.4, 0.5) is 19.0 Å². The van der Waals surface area contributed by atoms with Crippen LogP contribution in [-0.4, -0.2) is 15.0 Å². The van der Waals surface area contributed by atoms with E-state index in [9.17, 15) is 13.2 Å². The van der Waals surface area contributed by atoms with Crippen molar-refractivity contribution in [3.8, 4) is 0 Å². The maximum absolute atomic E-state index is 12.4. The summed E-state index contributed by atoms with van der Waals surface area (Å²) in [5, 5.41) is 0.331. The number of nitrogens with one attached hydrogen (secondary N) is 1. The minimum Gasteiger partial charge on any atom is -0.308 e. The van der Waals surface area contributed by atoms with Crippen molar-refractivity contribution < 1.29 is 13.2 Å². The van der Waals surface area contributed by atoms with Crippen molar-refractivity contribution in [2.24, 2.45) is 5.84 Å². The lowest BCUT2D eigenvalue weighted by molar-refractivity contribution is -0.144. The first kappa shape index (κ1) is 10.6. The van der Waals surface area contributed by atoms with Gasteiger partial charge in [-0.2, -0.15) is 13.2 Å². The van der Waals surface area contributed by atoms with Gasteiger partial charge in [0.15, 0.2) is 11.5 Å². The van der Waals surface area contributed by atoms with Crippen LogP contribution in [0.25, 0.3) is 11.0 Å². The molecule has 0 unspecified atom stereocenters. The highest BCUT2D eigenvalue weighted by Gasteiger charge is 2.35. The van der Waals surface area contributed by atoms with E-state index in [1.165, 1.54) is 12.3 Å². The molecule has 8 heteroatoms. The summed E-state index contributed by atoms with van der Waals surface area (Å²) < 4.78 is 37.2. The molecular formula is C8H6F3N5. The van der Waals surface area contributed by atoms with Crippen molar-refractivity contribution in [3.05, 3.63) is 24.2 Å². The summed E-state index contributed by atoms with van der Waals surface area (Å²) in [4.78, 5) is 10.3. The second kappa shape index (κ2) is 3.56. The van der Waals surface area contributed by atoms with Crippen molar-refractivity contribution in [3.63, 3.8) is 0 Å². The summed E-state index contributed by atoms with van der Waals surface area (Å²) in [6.07, 6.45) is -3.28. The molecule has 2 aromatic heterocycles. The molecule has 16 heavy (non-hydrogen) atoms. The topological polar surface area (TPSA) is 76.7 Å². The van der Waals surface area contributed by atoms with Crippen molar-refractivity contribution in [1.29, 1.82) is 0 Å². The second-order valence-corrected chi connectivity index (χ2v) is 2.91. The highest BCUT2D eigenvalue weighted by molar-refractivity contribution is 5.85. The number of nitrogen functional groups attached to an aromatic ring is 1. The Balaban J connectivity index is 2.73. The maximum atomic E-state index is 12.4. The quantitative estimate of drug-likeness (QED) is 0.569. The van der Waals surface area contributed by atoms with Gasteiger partial charge in [-0.3, -0.25) is 0 Å². The number of pyridine rings is 1. The number of hydrazine groups is 1. The molecule has 0 bridgehead atoms. The van der Waals surface area contributed by atoms with Crippen LogP contribution in [0.15, 0.2) is 18.3 Å². The van der Waals surface area contributed by atoms with E-state index in [1.54, 1.807) is 6.07 Å². The Morgan fingerprint density at radius 2 is 2.00 bits per heavy atom. The Morgan fingerprint density at radius 1 is 1.25 bits per heavy atom. The Labute approximate surface area is 87.5 Å². The lowest BCUT2D eigenvalue weighted by Gasteiger charge is -2.08. The number of hydrogen-bond acceptors (Lipinski definition) is 5. The van der Waals surface area contributed by atoms with Gasteiger partial charge in [0.05, 0.1) is 5.39 Å². The third-order valence-electron chi connectivity index (χ3n) is 1.86. The molecule has 2 aromatic rings. The Kier molecular flexibility index (Phi) is 2.35. The number of hydrogen-bond donors (Lipinski definition) is 2. The van der Waals surface area contributed by atoms with E-state index < -0.39 is 12.0 Å². The largest absolute Gasteiger partial charge is 0.451 e. The van der Waals surface area contributed by atoms with Gasteiger partial charge in [-0.15, -0.1) is 0 Å². The van der Waals surface area contributed by atoms with E-state index in [0.717, 1.165) is 0 Å². The molecule has 0 saturated heterocycles. The van der Waals surface area contributed by atoms with Gasteiger partial charge in [0.1, 0.15) is 0 Å². The molecule has 0 aliphatic rings. The molecule has 0 radical (unpaired) electrons. The van der Waals surface area contributed by atoms with Crippen LogP contribution in [0.5, 0.6) is 0 Å². The van der Waals surface area contributed by atoms with Crippen LogP contribution in [0.2, 0.25) is 0 Å². The number of rotatable bonds is 1. The van der Waals surface area contributed by atoms with Crippen molar-refractivity contribution in [1.82, 2.24) is 15.0 Å². The van der Waals surface area contributed by atoms with Crippen molar-refractivity contribution in [2.45, 2.75) is 6.18 Å². The zero-order valence-corrected chi connectivity index (χ0v) is 7.78. The molecule has 2 heterocycles. The fourth-order valence-electron chi connectivity index (χ4n) is 1.20. The van der Waals surface area contributed by atoms with Gasteiger partial charge >= 0.3 is 6.18 Å². The minimum absolute atomic E-state index is 0.0576. The summed E-state index contributed by atoms with van der Waals surface area (Å²) in [5.74, 6) is 3.71. The van der Waals surface area contributed by atoms with Gasteiger partial charge in [-0.05, 0) is 12.1 Å². The fourth-order valence-corrected chi connectivity index (χ4v) is 1.20. The molecule has 0 aromatic carbocycles. The molecule has 0 saturated carbocycles. The first-order valence-corrected chi connectivity index (χ1v) is 4.19. The fraction of sp³-hybridized carbons (Fsp3) is 0.125. The van der Waals surface area contributed by atoms with E-state index >= 15 is 0 Å². The lowest BCUT2D eigenvalue weighted by atomic mass is 10.3. The molecule has 2 rings (SSSR count). The van der Waals surface area contributed by atoms with Gasteiger partial charge in [0.2, 0.25) is 5.82 Å². The molecule has 84 valence electrons. The van der Waals surface area contributed by atoms with Gasteiger partial charge in [-0.25, -0.2) is 20.8 Å². The molecular weight excluding hydrogens is 223 g/mol. The van der Waals surface area contributed by atoms with Crippen LogP contribution in [-0.2, 0) is 6.18 Å². The molecule has 0 amide bonds. The Bertz CT molecular complexity index is 525. The van der Waals surface area contributed by atoms with Crippen LogP contribution in [0.3, 0.4) is 0 Å². The number of fused-ring (bicyclic) bond motifs is 1. The predicted octanol–water partition coefficient (Wildman–Crippen LogP) is 1.33. The summed E-state index contributed by atoms with van der Waals surface area (Å²) >= 11 is 0. The first-order valence-electron chi connectivity index (χ1n) is 4.19. The predicted molar refractivity (Wildman–Crippen MR) is 50.1 cm³/mol. The normalized spacial score (nSPS) is 11.8. The SMILES string of the molecule is NNc1nc(C(F)(F)F)nc2ncccc12. The van der Waals surface area contributed by atoms with E-state index in [1.807, 2.05) is 0 Å². The summed E-state index contributed by atoms with van der Waals surface area (Å²) in [6, 6.07) is 3.08. The van der Waals surface area contributed by atoms with Gasteiger partial charge in [0, 0.05) is 6.20 Å². The summed E-state index contributed by atoms with van der Waals surface area (Å²) in [5.41, 5.74) is 2.03. The monoisotopic (exact) mass is 229 g/mol. The molecule has 3 N–H and O–H groups in total. The highest BCUT2D eigenvalue weighted by Crippen LogP contribution is 2.29. The van der Waals surface area contributed by atoms with Crippen LogP contribution in [0.1, 0.15) is 5.82 Å². The van der Waals surface area contributed by atoms with Gasteiger partial charge < -0.3 is 5.43 Å². The highest BCUT2D eigenvalue weighted by atomic mass is 19.4. The summed E-state index contributed by atoms with van der Waals surface area (Å²) in [7, 11) is 0. The molecule has 0 aliphatic heterocycles. The number of halogens is 3. The third kappa shape index (κ3) is 1.74. The standard InChI is InChI=1S/C8H6F3N5/c9-8(10,11)7-14-5-4(2-1-3-13-5)6(15-7)16-12/h1-3H,12H2,(H,13,14,15,16). The van der Waals surface area contributed by atoms with Crippen molar-refractivity contribution >= 4 is 16.9 Å². The molecule has 0 atom stereocenters. The smallest absolute Gasteiger partial charge is 0.308 e. The van der Waals surface area contributed by atoms with Gasteiger partial charge in [0.25, 0.3) is 0 Å². The number of alkyl halides is 3. The Morgan fingerprint density at radius 3 is 2.62 bits per heavy atom. The average molecular weight is 229 g/mol. The first-order chi connectivity index (χ1) is 7.52. The van der Waals surface area contributed by atoms with Crippen LogP contribution < -0.4 is 11.3 Å². The minimum atomic E-state index is -4.63. The number of nitrogens with zero attached hydrogens (tertiary/aromatic N) is 3. The zero-order valence-electron chi connectivity index (χ0n) is 7.78. The third-order valence-corrected chi connectivity index (χ3v) is 1.86. The summed E-state index contributed by atoms with van der Waals surface area (Å²) in [6.45, 7) is 0. The van der Waals surface area contributed by atoms with Crippen molar-refractivity contribution in [2.75, 3.05) is 5.43 Å². The lowest BCUT2D eigenvalue weighted by Crippen LogP contribution is -2.16. The maximum Gasteiger partial charge on any atom is 0.451 e. The number of aromatic nitrogens is 3. The zero-order chi connectivity index (χ0) is 11.8. The van der Waals surface area contributed by atoms with E-state index in [4.69, 9.17) is 5.84 Å². The van der Waals surface area contributed by atoms with Crippen LogP contribution in [0, 0.1) is 0 Å². The van der Waals surface area contributed by atoms with Crippen LogP contribution >= 0.6 is 0 Å². The molecule has 5 nitrogen and oxygen atoms in total. The van der Waals surface area contributed by atoms with E-state index in [-0.39, 0.29) is 11.5 Å². The Hall–Kier alpha value is -1.96. The molecule has 0 aliphatic carbocycles. The average Bonchev–Trinajstić information content (AvgIpc) is 2.26. The van der Waals surface area contributed by atoms with E-state index in [0.29, 0.717) is 5.39 Å². The molecule has 0 fully saturated rings. The van der Waals surface area contributed by atoms with Gasteiger partial charge in [-0.1, -0.05) is 0 Å². The second-order valence-electron chi connectivity index (χ2n) is 2.91. The number of anilines is 1. The van der Waals surface area contributed by atoms with E-state index in [2.05, 4.69) is 20.4 Å². The molecule has 0 spiro atoms.